The molecule has 0 saturated heterocycles. The molecule has 0 bridgehead atoms. The average Bonchev–Trinajstić information content (AvgIpc) is 2.68. The van der Waals surface area contributed by atoms with E-state index in [0.717, 1.165) is 5.56 Å². The first-order chi connectivity index (χ1) is 13.0. The summed E-state index contributed by atoms with van der Waals surface area (Å²) in [7, 11) is 0. The maximum Gasteiger partial charge on any atom is 0.241 e. The fourth-order valence-electron chi connectivity index (χ4n) is 2.86. The molecule has 1 atom stereocenters. The van der Waals surface area contributed by atoms with E-state index in [1.165, 1.54) is 0 Å². The minimum Gasteiger partial charge on any atom is -0.395 e. The molecule has 1 unspecified atom stereocenters. The van der Waals surface area contributed by atoms with E-state index in [2.05, 4.69) is 5.32 Å². The van der Waals surface area contributed by atoms with Gasteiger partial charge in [0, 0.05) is 24.2 Å². The van der Waals surface area contributed by atoms with Gasteiger partial charge in [-0.2, -0.15) is 0 Å². The number of hydrogen-bond donors (Lipinski definition) is 3. The van der Waals surface area contributed by atoms with Crippen molar-refractivity contribution in [3.05, 3.63) is 65.2 Å². The van der Waals surface area contributed by atoms with E-state index >= 15 is 0 Å². The molecule has 0 aliphatic rings. The lowest BCUT2D eigenvalue weighted by Crippen LogP contribution is -2.44. The zero-order valence-corrected chi connectivity index (χ0v) is 15.7. The monoisotopic (exact) mass is 370 g/mol. The van der Waals surface area contributed by atoms with Gasteiger partial charge in [-0.05, 0) is 26.0 Å². The van der Waals surface area contributed by atoms with Crippen LogP contribution in [0, 0.1) is 6.92 Å². The number of aliphatic hydroxyl groups is 2. The summed E-state index contributed by atoms with van der Waals surface area (Å²) in [6.45, 7) is 3.92. The zero-order valence-electron chi connectivity index (χ0n) is 15.7. The van der Waals surface area contributed by atoms with Gasteiger partial charge in [0.05, 0.1) is 24.9 Å². The van der Waals surface area contributed by atoms with E-state index in [-0.39, 0.29) is 38.0 Å². The fraction of sp³-hybridized carbons (Fsp3) is 0.333. The molecule has 0 aliphatic heterocycles. The molecule has 2 aromatic carbocycles. The first-order valence-electron chi connectivity index (χ1n) is 8.95. The van der Waals surface area contributed by atoms with Gasteiger partial charge in [-0.25, -0.2) is 0 Å². The highest BCUT2D eigenvalue weighted by Gasteiger charge is 2.22. The molecule has 0 spiro atoms. The second-order valence-corrected chi connectivity index (χ2v) is 6.39. The molecular weight excluding hydrogens is 344 g/mol. The molecule has 0 radical (unpaired) electrons. The molecule has 6 nitrogen and oxygen atoms in total. The van der Waals surface area contributed by atoms with Crippen LogP contribution in [0.2, 0.25) is 0 Å². The number of anilines is 1. The molecule has 2 aromatic rings. The standard InChI is InChI=1S/C21H26N2O4/c1-15-8-9-19(18(14-15)20(26)17-6-4-3-5-7-17)22-21(27)16(2)23(10-12-24)11-13-25/h3-9,14,16,24-25H,10-13H2,1-2H3,(H,22,27). The van der Waals surface area contributed by atoms with Crippen molar-refractivity contribution in [3.63, 3.8) is 0 Å². The van der Waals surface area contributed by atoms with Crippen LogP contribution in [0.25, 0.3) is 0 Å². The Morgan fingerprint density at radius 2 is 1.67 bits per heavy atom. The normalized spacial score (nSPS) is 12.0. The number of aliphatic hydroxyl groups excluding tert-OH is 2. The van der Waals surface area contributed by atoms with E-state index in [4.69, 9.17) is 10.2 Å². The topological polar surface area (TPSA) is 89.9 Å². The Morgan fingerprint density at radius 1 is 1.04 bits per heavy atom. The third-order valence-corrected chi connectivity index (χ3v) is 4.42. The lowest BCUT2D eigenvalue weighted by molar-refractivity contribution is -0.121. The maximum absolute atomic E-state index is 12.9. The Labute approximate surface area is 159 Å². The Bertz CT molecular complexity index is 771. The molecule has 0 fully saturated rings. The van der Waals surface area contributed by atoms with Crippen molar-refractivity contribution in [3.8, 4) is 0 Å². The molecule has 0 saturated carbocycles. The van der Waals surface area contributed by atoms with Gasteiger partial charge in [-0.1, -0.05) is 42.0 Å². The van der Waals surface area contributed by atoms with E-state index in [0.29, 0.717) is 16.8 Å². The van der Waals surface area contributed by atoms with Crippen LogP contribution in [-0.4, -0.2) is 59.1 Å². The van der Waals surface area contributed by atoms with Crippen LogP contribution in [0.1, 0.15) is 28.4 Å². The summed E-state index contributed by atoms with van der Waals surface area (Å²) in [6.07, 6.45) is 0. The van der Waals surface area contributed by atoms with Gasteiger partial charge < -0.3 is 15.5 Å². The number of amides is 1. The Balaban J connectivity index is 2.26. The number of nitrogens with one attached hydrogen (secondary N) is 1. The number of carbonyl (C=O) groups excluding carboxylic acids is 2. The second-order valence-electron chi connectivity index (χ2n) is 6.39. The fourth-order valence-corrected chi connectivity index (χ4v) is 2.86. The Kier molecular flexibility index (Phi) is 7.67. The van der Waals surface area contributed by atoms with Crippen molar-refractivity contribution in [2.75, 3.05) is 31.6 Å². The third-order valence-electron chi connectivity index (χ3n) is 4.42. The van der Waals surface area contributed by atoms with Crippen molar-refractivity contribution in [2.24, 2.45) is 0 Å². The number of ketones is 1. The number of aryl methyl sites for hydroxylation is 1. The van der Waals surface area contributed by atoms with Crippen LogP contribution in [0.4, 0.5) is 5.69 Å². The molecule has 0 aromatic heterocycles. The van der Waals surface area contributed by atoms with Gasteiger partial charge >= 0.3 is 0 Å². The second kappa shape index (κ2) is 9.97. The summed E-state index contributed by atoms with van der Waals surface area (Å²) < 4.78 is 0. The predicted molar refractivity (Wildman–Crippen MR) is 105 cm³/mol. The van der Waals surface area contributed by atoms with Crippen molar-refractivity contribution in [1.29, 1.82) is 0 Å². The van der Waals surface area contributed by atoms with Crippen molar-refractivity contribution >= 4 is 17.4 Å². The molecular formula is C21H26N2O4. The molecule has 1 amide bonds. The zero-order chi connectivity index (χ0) is 19.8. The average molecular weight is 370 g/mol. The Morgan fingerprint density at radius 3 is 2.26 bits per heavy atom. The Hall–Kier alpha value is -2.54. The molecule has 144 valence electrons. The van der Waals surface area contributed by atoms with Crippen LogP contribution < -0.4 is 5.32 Å². The first-order valence-corrected chi connectivity index (χ1v) is 8.95. The van der Waals surface area contributed by atoms with Gasteiger partial charge in [0.2, 0.25) is 5.91 Å². The highest BCUT2D eigenvalue weighted by Crippen LogP contribution is 2.22. The van der Waals surface area contributed by atoms with E-state index in [1.54, 1.807) is 48.2 Å². The predicted octanol–water partition coefficient (Wildman–Crippen LogP) is 1.84. The molecule has 27 heavy (non-hydrogen) atoms. The minimum absolute atomic E-state index is 0.111. The SMILES string of the molecule is Cc1ccc(NC(=O)C(C)N(CCO)CCO)c(C(=O)c2ccccc2)c1. The van der Waals surface area contributed by atoms with Crippen LogP contribution in [0.5, 0.6) is 0 Å². The number of benzene rings is 2. The minimum atomic E-state index is -0.565. The van der Waals surface area contributed by atoms with Gasteiger partial charge in [0.1, 0.15) is 0 Å². The lowest BCUT2D eigenvalue weighted by Gasteiger charge is -2.27. The quantitative estimate of drug-likeness (QED) is 0.586. The summed E-state index contributed by atoms with van der Waals surface area (Å²) in [4.78, 5) is 27.2. The number of rotatable bonds is 9. The van der Waals surface area contributed by atoms with Crippen LogP contribution >= 0.6 is 0 Å². The van der Waals surface area contributed by atoms with E-state index in [9.17, 15) is 9.59 Å². The summed E-state index contributed by atoms with van der Waals surface area (Å²) in [5.74, 6) is -0.465. The highest BCUT2D eigenvalue weighted by atomic mass is 16.3. The number of hydrogen-bond acceptors (Lipinski definition) is 5. The number of nitrogens with zero attached hydrogens (tertiary/aromatic N) is 1. The van der Waals surface area contributed by atoms with E-state index in [1.807, 2.05) is 19.1 Å². The van der Waals surface area contributed by atoms with E-state index < -0.39 is 6.04 Å². The lowest BCUT2D eigenvalue weighted by atomic mass is 9.99. The van der Waals surface area contributed by atoms with Crippen molar-refractivity contribution in [2.45, 2.75) is 19.9 Å². The molecule has 6 heteroatoms. The van der Waals surface area contributed by atoms with Gasteiger partial charge in [0.25, 0.3) is 0 Å². The smallest absolute Gasteiger partial charge is 0.241 e. The summed E-state index contributed by atoms with van der Waals surface area (Å²) in [5, 5.41) is 21.1. The highest BCUT2D eigenvalue weighted by molar-refractivity contribution is 6.14. The number of carbonyl (C=O) groups is 2. The van der Waals surface area contributed by atoms with Crippen LogP contribution in [-0.2, 0) is 4.79 Å². The van der Waals surface area contributed by atoms with Gasteiger partial charge in [-0.15, -0.1) is 0 Å². The van der Waals surface area contributed by atoms with Crippen molar-refractivity contribution < 1.29 is 19.8 Å². The third kappa shape index (κ3) is 5.47. The first kappa shape index (κ1) is 20.8. The summed E-state index contributed by atoms with van der Waals surface area (Å²) >= 11 is 0. The summed E-state index contributed by atoms with van der Waals surface area (Å²) in [5.41, 5.74) is 2.34. The summed E-state index contributed by atoms with van der Waals surface area (Å²) in [6, 6.07) is 13.7. The van der Waals surface area contributed by atoms with Crippen molar-refractivity contribution in [1.82, 2.24) is 4.90 Å². The largest absolute Gasteiger partial charge is 0.395 e. The van der Waals surface area contributed by atoms with Gasteiger partial charge in [-0.3, -0.25) is 14.5 Å². The molecule has 3 N–H and O–H groups in total. The van der Waals surface area contributed by atoms with Crippen LogP contribution in [0.3, 0.4) is 0 Å². The molecule has 2 rings (SSSR count). The molecule has 0 heterocycles. The maximum atomic E-state index is 12.9. The van der Waals surface area contributed by atoms with Gasteiger partial charge in [0.15, 0.2) is 5.78 Å². The van der Waals surface area contributed by atoms with Crippen LogP contribution in [0.15, 0.2) is 48.5 Å². The molecule has 0 aliphatic carbocycles.